The van der Waals surface area contributed by atoms with Gasteiger partial charge in [-0.3, -0.25) is 4.79 Å². The third-order valence-electron chi connectivity index (χ3n) is 4.30. The van der Waals surface area contributed by atoms with Gasteiger partial charge < -0.3 is 5.32 Å². The molecule has 0 radical (unpaired) electrons. The van der Waals surface area contributed by atoms with Gasteiger partial charge in [-0.25, -0.2) is 0 Å². The van der Waals surface area contributed by atoms with Crippen LogP contribution in [0.1, 0.15) is 51.9 Å². The lowest BCUT2D eigenvalue weighted by atomic mass is 9.70. The molecule has 0 bridgehead atoms. The van der Waals surface area contributed by atoms with Crippen LogP contribution in [0.25, 0.3) is 0 Å². The fourth-order valence-corrected chi connectivity index (χ4v) is 3.03. The van der Waals surface area contributed by atoms with Crippen molar-refractivity contribution in [3.8, 4) is 0 Å². The topological polar surface area (TPSA) is 29.1 Å². The molecule has 16 heavy (non-hydrogen) atoms. The maximum atomic E-state index is 12.6. The van der Waals surface area contributed by atoms with Crippen molar-refractivity contribution in [2.24, 2.45) is 5.41 Å². The van der Waals surface area contributed by atoms with Gasteiger partial charge in [0.1, 0.15) is 0 Å². The molecule has 1 N–H and O–H groups in total. The molecular formula is C14H23NO. The van der Waals surface area contributed by atoms with Crippen LogP contribution in [0.5, 0.6) is 0 Å². The molecule has 0 atom stereocenters. The van der Waals surface area contributed by atoms with Gasteiger partial charge in [0.2, 0.25) is 0 Å². The molecule has 2 rings (SSSR count). The Morgan fingerprint density at radius 2 is 2.12 bits per heavy atom. The summed E-state index contributed by atoms with van der Waals surface area (Å²) in [5.41, 5.74) is 1.10. The first-order chi connectivity index (χ1) is 7.78. The van der Waals surface area contributed by atoms with Gasteiger partial charge in [0.05, 0.1) is 0 Å². The quantitative estimate of drug-likeness (QED) is 0.794. The molecular weight excluding hydrogens is 198 g/mol. The van der Waals surface area contributed by atoms with Gasteiger partial charge in [-0.15, -0.1) is 0 Å². The van der Waals surface area contributed by atoms with Crippen molar-refractivity contribution in [3.05, 3.63) is 11.6 Å². The first kappa shape index (κ1) is 11.8. The summed E-state index contributed by atoms with van der Waals surface area (Å²) in [7, 11) is 0. The van der Waals surface area contributed by atoms with E-state index in [0.717, 1.165) is 50.8 Å². The van der Waals surface area contributed by atoms with E-state index in [1.54, 1.807) is 0 Å². The molecule has 1 saturated heterocycles. The van der Waals surface area contributed by atoms with Crippen LogP contribution in [0.4, 0.5) is 0 Å². The third kappa shape index (κ3) is 2.22. The number of hydrogen-bond acceptors (Lipinski definition) is 2. The van der Waals surface area contributed by atoms with E-state index < -0.39 is 0 Å². The van der Waals surface area contributed by atoms with Gasteiger partial charge >= 0.3 is 0 Å². The molecule has 0 saturated carbocycles. The van der Waals surface area contributed by atoms with Crippen molar-refractivity contribution in [1.29, 1.82) is 0 Å². The van der Waals surface area contributed by atoms with Crippen LogP contribution in [0.15, 0.2) is 11.6 Å². The minimum Gasteiger partial charge on any atom is -0.317 e. The zero-order valence-corrected chi connectivity index (χ0v) is 10.3. The Hall–Kier alpha value is -0.630. The number of ketones is 1. The van der Waals surface area contributed by atoms with Crippen molar-refractivity contribution in [2.45, 2.75) is 51.9 Å². The van der Waals surface area contributed by atoms with Gasteiger partial charge in [-0.2, -0.15) is 0 Å². The van der Waals surface area contributed by atoms with Crippen molar-refractivity contribution in [2.75, 3.05) is 13.1 Å². The van der Waals surface area contributed by atoms with Crippen molar-refractivity contribution in [1.82, 2.24) is 5.32 Å². The van der Waals surface area contributed by atoms with Crippen molar-refractivity contribution >= 4 is 5.78 Å². The number of hydrogen-bond donors (Lipinski definition) is 1. The predicted molar refractivity (Wildman–Crippen MR) is 66.4 cm³/mol. The van der Waals surface area contributed by atoms with Crippen LogP contribution in [-0.2, 0) is 4.79 Å². The molecule has 1 fully saturated rings. The zero-order valence-electron chi connectivity index (χ0n) is 10.3. The lowest BCUT2D eigenvalue weighted by molar-refractivity contribution is -0.126. The summed E-state index contributed by atoms with van der Waals surface area (Å²) in [6.45, 7) is 4.19. The minimum atomic E-state index is -0.0333. The normalized spacial score (nSPS) is 24.9. The zero-order chi connectivity index (χ0) is 11.4. The molecule has 0 aromatic heterocycles. The van der Waals surface area contributed by atoms with Crippen LogP contribution < -0.4 is 5.32 Å². The van der Waals surface area contributed by atoms with Gasteiger partial charge in [0.25, 0.3) is 0 Å². The molecule has 2 nitrogen and oxygen atoms in total. The number of Topliss-reactive ketones (excluding diaryl/α,β-unsaturated/α-hetero) is 1. The average Bonchev–Trinajstić information content (AvgIpc) is 2.39. The number of allylic oxidation sites excluding steroid dienone is 2. The summed E-state index contributed by atoms with van der Waals surface area (Å²) in [6.07, 6.45) is 9.86. The molecule has 1 aliphatic carbocycles. The first-order valence-corrected chi connectivity index (χ1v) is 6.73. The largest absolute Gasteiger partial charge is 0.317 e. The maximum Gasteiger partial charge on any atom is 0.164 e. The number of carbonyl (C=O) groups is 1. The Bertz CT molecular complexity index is 287. The van der Waals surface area contributed by atoms with Gasteiger partial charge in [-0.1, -0.05) is 13.0 Å². The Morgan fingerprint density at radius 1 is 1.38 bits per heavy atom. The monoisotopic (exact) mass is 221 g/mol. The lowest BCUT2D eigenvalue weighted by Crippen LogP contribution is -2.42. The molecule has 1 aliphatic heterocycles. The van der Waals surface area contributed by atoms with Crippen molar-refractivity contribution in [3.63, 3.8) is 0 Å². The highest BCUT2D eigenvalue weighted by Crippen LogP contribution is 2.37. The minimum absolute atomic E-state index is 0.0333. The molecule has 0 aromatic rings. The lowest BCUT2D eigenvalue weighted by Gasteiger charge is -2.36. The Kier molecular flexibility index (Phi) is 3.80. The first-order valence-electron chi connectivity index (χ1n) is 6.73. The molecule has 0 unspecified atom stereocenters. The van der Waals surface area contributed by atoms with E-state index in [0.29, 0.717) is 5.78 Å². The van der Waals surface area contributed by atoms with E-state index in [9.17, 15) is 4.79 Å². The highest BCUT2D eigenvalue weighted by atomic mass is 16.1. The maximum absolute atomic E-state index is 12.6. The average molecular weight is 221 g/mol. The van der Waals surface area contributed by atoms with Gasteiger partial charge in [0, 0.05) is 5.41 Å². The van der Waals surface area contributed by atoms with E-state index in [1.807, 2.05) is 0 Å². The summed E-state index contributed by atoms with van der Waals surface area (Å²) >= 11 is 0. The standard InChI is InChI=1S/C14H23NO/c1-2-14(8-10-15-11-9-14)13(16)12-6-4-3-5-7-12/h6,15H,2-5,7-11H2,1H3. The highest BCUT2D eigenvalue weighted by Gasteiger charge is 2.38. The predicted octanol–water partition coefficient (Wildman–Crippen LogP) is 2.84. The van der Waals surface area contributed by atoms with E-state index in [1.165, 1.54) is 12.8 Å². The SMILES string of the molecule is CCC1(C(=O)C2=CCCCC2)CCNCC1. The fourth-order valence-electron chi connectivity index (χ4n) is 3.03. The number of rotatable bonds is 3. The number of carbonyl (C=O) groups excluding carboxylic acids is 1. The summed E-state index contributed by atoms with van der Waals surface area (Å²) in [5.74, 6) is 0.469. The van der Waals surface area contributed by atoms with Gasteiger partial charge in [-0.05, 0) is 63.6 Å². The van der Waals surface area contributed by atoms with E-state index in [2.05, 4.69) is 18.3 Å². The van der Waals surface area contributed by atoms with Crippen LogP contribution in [0.2, 0.25) is 0 Å². The van der Waals surface area contributed by atoms with E-state index >= 15 is 0 Å². The Morgan fingerprint density at radius 3 is 2.69 bits per heavy atom. The molecule has 90 valence electrons. The summed E-state index contributed by atoms with van der Waals surface area (Å²) < 4.78 is 0. The fraction of sp³-hybridized carbons (Fsp3) is 0.786. The molecule has 2 aliphatic rings. The second kappa shape index (κ2) is 5.13. The molecule has 0 aromatic carbocycles. The van der Waals surface area contributed by atoms with Crippen LogP contribution in [0.3, 0.4) is 0 Å². The van der Waals surface area contributed by atoms with Crippen LogP contribution in [-0.4, -0.2) is 18.9 Å². The third-order valence-corrected chi connectivity index (χ3v) is 4.30. The molecule has 0 amide bonds. The summed E-state index contributed by atoms with van der Waals surface area (Å²) in [5, 5.41) is 3.36. The second-order valence-electron chi connectivity index (χ2n) is 5.19. The molecule has 0 spiro atoms. The smallest absolute Gasteiger partial charge is 0.164 e. The number of piperidine rings is 1. The van der Waals surface area contributed by atoms with Crippen LogP contribution in [0, 0.1) is 5.41 Å². The summed E-state index contributed by atoms with van der Waals surface area (Å²) in [6, 6.07) is 0. The molecule has 2 heteroatoms. The van der Waals surface area contributed by atoms with E-state index in [4.69, 9.17) is 0 Å². The Balaban J connectivity index is 2.13. The Labute approximate surface area is 98.5 Å². The second-order valence-corrected chi connectivity index (χ2v) is 5.19. The van der Waals surface area contributed by atoms with Gasteiger partial charge in [0.15, 0.2) is 5.78 Å². The summed E-state index contributed by atoms with van der Waals surface area (Å²) in [4.78, 5) is 12.6. The number of nitrogens with one attached hydrogen (secondary N) is 1. The van der Waals surface area contributed by atoms with Crippen molar-refractivity contribution < 1.29 is 4.79 Å². The molecule has 1 heterocycles. The van der Waals surface area contributed by atoms with E-state index in [-0.39, 0.29) is 5.41 Å². The highest BCUT2D eigenvalue weighted by molar-refractivity contribution is 6.00. The van der Waals surface area contributed by atoms with Crippen LogP contribution >= 0.6 is 0 Å².